The first kappa shape index (κ1) is 13.6. The van der Waals surface area contributed by atoms with Gasteiger partial charge < -0.3 is 14.6 Å². The number of carboxylic acid groups (broad SMARTS) is 1. The summed E-state index contributed by atoms with van der Waals surface area (Å²) in [6, 6.07) is 3.50. The van der Waals surface area contributed by atoms with Crippen molar-refractivity contribution < 1.29 is 19.4 Å². The van der Waals surface area contributed by atoms with E-state index in [1.165, 1.54) is 0 Å². The first-order chi connectivity index (χ1) is 9.65. The molecule has 0 aromatic heterocycles. The molecule has 0 amide bonds. The Bertz CT molecular complexity index is 535. The van der Waals surface area contributed by atoms with Crippen LogP contribution in [0.2, 0.25) is 5.02 Å². The Balaban J connectivity index is 2.16. The van der Waals surface area contributed by atoms with Gasteiger partial charge in [-0.25, -0.2) is 0 Å². The smallest absolute Gasteiger partial charge is 0.314 e. The minimum absolute atomic E-state index is 0.476. The number of fused-ring (bicyclic) bond motifs is 1. The molecule has 2 aliphatic rings. The lowest BCUT2D eigenvalue weighted by Gasteiger charge is -2.27. The predicted octanol–water partition coefficient (Wildman–Crippen LogP) is 3.40. The molecule has 108 valence electrons. The number of benzene rings is 1. The number of aliphatic carboxylic acids is 1. The number of halogens is 1. The molecule has 1 aliphatic carbocycles. The molecule has 0 bridgehead atoms. The molecule has 1 fully saturated rings. The van der Waals surface area contributed by atoms with Gasteiger partial charge in [-0.05, 0) is 18.9 Å². The van der Waals surface area contributed by atoms with Crippen LogP contribution in [0.5, 0.6) is 11.5 Å². The Labute approximate surface area is 122 Å². The highest BCUT2D eigenvalue weighted by molar-refractivity contribution is 6.32. The van der Waals surface area contributed by atoms with Gasteiger partial charge in [0.25, 0.3) is 0 Å². The summed E-state index contributed by atoms with van der Waals surface area (Å²) in [6.07, 6.45) is 3.89. The molecule has 1 heterocycles. The van der Waals surface area contributed by atoms with Crippen LogP contribution < -0.4 is 9.47 Å². The van der Waals surface area contributed by atoms with Crippen molar-refractivity contribution in [2.24, 2.45) is 0 Å². The van der Waals surface area contributed by atoms with E-state index in [2.05, 4.69) is 0 Å². The van der Waals surface area contributed by atoms with Gasteiger partial charge >= 0.3 is 5.97 Å². The first-order valence-corrected chi connectivity index (χ1v) is 7.35. The highest BCUT2D eigenvalue weighted by atomic mass is 35.5. The Morgan fingerprint density at radius 2 is 1.75 bits per heavy atom. The zero-order valence-electron chi connectivity index (χ0n) is 11.2. The molecule has 3 rings (SSSR count). The molecule has 0 saturated heterocycles. The Kier molecular flexibility index (Phi) is 3.50. The summed E-state index contributed by atoms with van der Waals surface area (Å²) < 4.78 is 11.4. The van der Waals surface area contributed by atoms with E-state index in [-0.39, 0.29) is 0 Å². The van der Waals surface area contributed by atoms with Gasteiger partial charge in [-0.2, -0.15) is 0 Å². The molecule has 5 heteroatoms. The summed E-state index contributed by atoms with van der Waals surface area (Å²) in [6.45, 7) is 1.06. The number of rotatable bonds is 2. The Hall–Kier alpha value is -1.42. The normalized spacial score (nSPS) is 20.4. The van der Waals surface area contributed by atoms with Crippen molar-refractivity contribution in [1.82, 2.24) is 0 Å². The van der Waals surface area contributed by atoms with Gasteiger partial charge in [0.15, 0.2) is 11.5 Å². The standard InChI is InChI=1S/C15H17ClO4/c16-11-5-4-10(12-13(11)20-9-3-8-19-12)15(14(17)18)6-1-2-7-15/h4-5H,1-3,6-9H2,(H,17,18). The molecule has 1 aliphatic heterocycles. The number of carbonyl (C=O) groups is 1. The van der Waals surface area contributed by atoms with Crippen LogP contribution >= 0.6 is 11.6 Å². The van der Waals surface area contributed by atoms with Gasteiger partial charge in [0.1, 0.15) is 0 Å². The lowest BCUT2D eigenvalue weighted by molar-refractivity contribution is -0.143. The van der Waals surface area contributed by atoms with Gasteiger partial charge in [0.2, 0.25) is 0 Å². The van der Waals surface area contributed by atoms with Crippen LogP contribution in [0, 0.1) is 0 Å². The van der Waals surface area contributed by atoms with Crippen molar-refractivity contribution in [3.8, 4) is 11.5 Å². The van der Waals surface area contributed by atoms with E-state index in [0.29, 0.717) is 48.1 Å². The third-order valence-electron chi connectivity index (χ3n) is 4.23. The SMILES string of the molecule is O=C(O)C1(c2ccc(Cl)c3c2OCCCO3)CCCC1. The molecule has 4 nitrogen and oxygen atoms in total. The zero-order chi connectivity index (χ0) is 14.2. The monoisotopic (exact) mass is 296 g/mol. The number of carboxylic acids is 1. The summed E-state index contributed by atoms with van der Waals surface area (Å²) in [5.41, 5.74) is -0.147. The highest BCUT2D eigenvalue weighted by Crippen LogP contribution is 2.50. The predicted molar refractivity (Wildman–Crippen MR) is 74.8 cm³/mol. The number of hydrogen-bond donors (Lipinski definition) is 1. The molecule has 1 aromatic rings. The summed E-state index contributed by atoms with van der Waals surface area (Å²) in [4.78, 5) is 11.9. The molecule has 0 unspecified atom stereocenters. The minimum atomic E-state index is -0.859. The minimum Gasteiger partial charge on any atom is -0.489 e. The van der Waals surface area contributed by atoms with E-state index >= 15 is 0 Å². The lowest BCUT2D eigenvalue weighted by Crippen LogP contribution is -2.33. The third-order valence-corrected chi connectivity index (χ3v) is 4.53. The molecule has 20 heavy (non-hydrogen) atoms. The van der Waals surface area contributed by atoms with E-state index < -0.39 is 11.4 Å². The van der Waals surface area contributed by atoms with Crippen molar-refractivity contribution in [1.29, 1.82) is 0 Å². The molecular weight excluding hydrogens is 280 g/mol. The van der Waals surface area contributed by atoms with E-state index in [1.807, 2.05) is 0 Å². The van der Waals surface area contributed by atoms with Crippen LogP contribution in [0.3, 0.4) is 0 Å². The number of hydrogen-bond acceptors (Lipinski definition) is 3. The molecule has 1 aromatic carbocycles. The zero-order valence-corrected chi connectivity index (χ0v) is 11.9. The highest BCUT2D eigenvalue weighted by Gasteiger charge is 2.46. The van der Waals surface area contributed by atoms with E-state index in [4.69, 9.17) is 21.1 Å². The van der Waals surface area contributed by atoms with E-state index in [9.17, 15) is 9.90 Å². The maximum atomic E-state index is 11.9. The second-order valence-electron chi connectivity index (χ2n) is 5.40. The first-order valence-electron chi connectivity index (χ1n) is 6.97. The Morgan fingerprint density at radius 1 is 1.10 bits per heavy atom. The quantitative estimate of drug-likeness (QED) is 0.909. The van der Waals surface area contributed by atoms with Crippen LogP contribution in [-0.4, -0.2) is 24.3 Å². The van der Waals surface area contributed by atoms with Crippen molar-refractivity contribution in [3.05, 3.63) is 22.7 Å². The van der Waals surface area contributed by atoms with Crippen LogP contribution in [0.25, 0.3) is 0 Å². The molecule has 1 saturated carbocycles. The molecule has 0 spiro atoms. The Morgan fingerprint density at radius 3 is 2.40 bits per heavy atom. The van der Waals surface area contributed by atoms with Gasteiger partial charge in [0, 0.05) is 12.0 Å². The molecule has 0 atom stereocenters. The van der Waals surface area contributed by atoms with E-state index in [0.717, 1.165) is 19.3 Å². The van der Waals surface area contributed by atoms with Crippen molar-refractivity contribution in [2.75, 3.05) is 13.2 Å². The molecular formula is C15H17ClO4. The van der Waals surface area contributed by atoms with Crippen LogP contribution in [0.15, 0.2) is 12.1 Å². The third kappa shape index (κ3) is 2.03. The summed E-state index contributed by atoms with van der Waals surface area (Å²) in [5, 5.41) is 10.2. The fraction of sp³-hybridized carbons (Fsp3) is 0.533. The van der Waals surface area contributed by atoms with Crippen LogP contribution in [0.4, 0.5) is 0 Å². The molecule has 0 radical (unpaired) electrons. The summed E-state index contributed by atoms with van der Waals surface area (Å²) >= 11 is 6.17. The fourth-order valence-electron chi connectivity index (χ4n) is 3.18. The van der Waals surface area contributed by atoms with Crippen molar-refractivity contribution in [2.45, 2.75) is 37.5 Å². The van der Waals surface area contributed by atoms with Crippen molar-refractivity contribution in [3.63, 3.8) is 0 Å². The van der Waals surface area contributed by atoms with Gasteiger partial charge in [-0.15, -0.1) is 0 Å². The van der Waals surface area contributed by atoms with Crippen LogP contribution in [-0.2, 0) is 10.2 Å². The maximum absolute atomic E-state index is 11.9. The van der Waals surface area contributed by atoms with Crippen LogP contribution in [0.1, 0.15) is 37.7 Å². The van der Waals surface area contributed by atoms with Gasteiger partial charge in [0.05, 0.1) is 23.7 Å². The van der Waals surface area contributed by atoms with Crippen molar-refractivity contribution >= 4 is 17.6 Å². The second-order valence-corrected chi connectivity index (χ2v) is 5.81. The molecule has 1 N–H and O–H groups in total. The lowest BCUT2D eigenvalue weighted by atomic mass is 9.78. The largest absolute Gasteiger partial charge is 0.489 e. The fourth-order valence-corrected chi connectivity index (χ4v) is 3.38. The second kappa shape index (κ2) is 5.17. The average molecular weight is 297 g/mol. The maximum Gasteiger partial charge on any atom is 0.314 e. The van der Waals surface area contributed by atoms with Gasteiger partial charge in [-0.3, -0.25) is 4.79 Å². The number of ether oxygens (including phenoxy) is 2. The summed E-state index contributed by atoms with van der Waals surface area (Å²) in [7, 11) is 0. The van der Waals surface area contributed by atoms with E-state index in [1.54, 1.807) is 12.1 Å². The topological polar surface area (TPSA) is 55.8 Å². The summed E-state index contributed by atoms with van der Waals surface area (Å²) in [5.74, 6) is 0.237. The average Bonchev–Trinajstić information content (AvgIpc) is 2.79. The van der Waals surface area contributed by atoms with Gasteiger partial charge in [-0.1, -0.05) is 30.5 Å².